The van der Waals surface area contributed by atoms with Crippen LogP contribution in [0.5, 0.6) is 0 Å². The second kappa shape index (κ2) is 5.34. The fourth-order valence-electron chi connectivity index (χ4n) is 3.63. The van der Waals surface area contributed by atoms with Crippen LogP contribution in [0.1, 0.15) is 32.8 Å². The Hall–Kier alpha value is -1.82. The maximum absolute atomic E-state index is 14.3. The van der Waals surface area contributed by atoms with Crippen molar-refractivity contribution >= 4 is 23.7 Å². The molecule has 1 heterocycles. The van der Waals surface area contributed by atoms with E-state index < -0.39 is 34.9 Å². The highest BCUT2D eigenvalue weighted by molar-refractivity contribution is 6.30. The number of carboxylic acid groups (broad SMARTS) is 1. The summed E-state index contributed by atoms with van der Waals surface area (Å²) in [4.78, 5) is 25.3. The SMILES string of the molecule is CC(C)(C)OC(=O)N1C[C@@]2(c3cc(Cl)ccc3F)CC2C1C(=O)O. The maximum atomic E-state index is 14.3. The van der Waals surface area contributed by atoms with Crippen molar-refractivity contribution in [3.63, 3.8) is 0 Å². The Morgan fingerprint density at radius 2 is 2.08 bits per heavy atom. The Bertz CT molecular complexity index is 717. The van der Waals surface area contributed by atoms with Crippen molar-refractivity contribution in [2.24, 2.45) is 5.92 Å². The molecule has 0 bridgehead atoms. The molecule has 1 saturated heterocycles. The van der Waals surface area contributed by atoms with Gasteiger partial charge in [0.2, 0.25) is 0 Å². The Labute approximate surface area is 144 Å². The topological polar surface area (TPSA) is 66.8 Å². The van der Waals surface area contributed by atoms with Crippen LogP contribution in [-0.4, -0.2) is 40.3 Å². The summed E-state index contributed by atoms with van der Waals surface area (Å²) in [7, 11) is 0. The molecule has 1 saturated carbocycles. The number of amides is 1. The number of aliphatic carboxylic acids is 1. The molecule has 3 rings (SSSR count). The summed E-state index contributed by atoms with van der Waals surface area (Å²) in [5, 5.41) is 9.93. The van der Waals surface area contributed by atoms with Crippen LogP contribution in [0, 0.1) is 11.7 Å². The Balaban J connectivity index is 1.94. The van der Waals surface area contributed by atoms with E-state index in [0.29, 0.717) is 17.0 Å². The van der Waals surface area contributed by atoms with Gasteiger partial charge in [0, 0.05) is 22.9 Å². The van der Waals surface area contributed by atoms with Crippen LogP contribution in [-0.2, 0) is 14.9 Å². The summed E-state index contributed by atoms with van der Waals surface area (Å²) >= 11 is 5.97. The number of ether oxygens (including phenoxy) is 1. The number of rotatable bonds is 2. The average molecular weight is 356 g/mol. The van der Waals surface area contributed by atoms with E-state index in [9.17, 15) is 19.1 Å². The number of carboxylic acids is 1. The Morgan fingerprint density at radius 1 is 1.42 bits per heavy atom. The van der Waals surface area contributed by atoms with E-state index in [-0.39, 0.29) is 12.5 Å². The molecule has 1 aromatic carbocycles. The van der Waals surface area contributed by atoms with Gasteiger partial charge in [-0.1, -0.05) is 11.6 Å². The van der Waals surface area contributed by atoms with Crippen molar-refractivity contribution in [1.82, 2.24) is 4.90 Å². The molecule has 0 spiro atoms. The van der Waals surface area contributed by atoms with E-state index in [1.165, 1.54) is 23.1 Å². The first-order valence-electron chi connectivity index (χ1n) is 7.73. The number of halogens is 2. The van der Waals surface area contributed by atoms with Crippen LogP contribution < -0.4 is 0 Å². The van der Waals surface area contributed by atoms with E-state index in [0.717, 1.165) is 0 Å². The number of piperidine rings is 1. The third-order valence-electron chi connectivity index (χ3n) is 4.65. The van der Waals surface area contributed by atoms with Crippen LogP contribution in [0.15, 0.2) is 18.2 Å². The van der Waals surface area contributed by atoms with E-state index in [2.05, 4.69) is 0 Å². The van der Waals surface area contributed by atoms with Gasteiger partial charge in [0.1, 0.15) is 17.5 Å². The molecule has 5 nitrogen and oxygen atoms in total. The standard InChI is InChI=1S/C17H19ClFNO4/c1-16(2,3)24-15(23)20-8-17(7-11(17)13(20)14(21)22)10-6-9(18)4-5-12(10)19/h4-6,11,13H,7-8H2,1-3H3,(H,21,22)/t11?,13?,17-/m1/s1. The number of nitrogens with zero attached hydrogens (tertiary/aromatic N) is 1. The highest BCUT2D eigenvalue weighted by atomic mass is 35.5. The lowest BCUT2D eigenvalue weighted by Gasteiger charge is -2.29. The van der Waals surface area contributed by atoms with Gasteiger partial charge >= 0.3 is 12.1 Å². The van der Waals surface area contributed by atoms with Crippen molar-refractivity contribution in [2.45, 2.75) is 44.2 Å². The maximum Gasteiger partial charge on any atom is 0.411 e. The molecule has 2 fully saturated rings. The first-order valence-corrected chi connectivity index (χ1v) is 8.11. The van der Waals surface area contributed by atoms with Gasteiger partial charge in [-0.15, -0.1) is 0 Å². The van der Waals surface area contributed by atoms with Crippen molar-refractivity contribution in [3.8, 4) is 0 Å². The fourth-order valence-corrected chi connectivity index (χ4v) is 3.80. The summed E-state index contributed by atoms with van der Waals surface area (Å²) in [5.41, 5.74) is -1.06. The largest absolute Gasteiger partial charge is 0.480 e. The lowest BCUT2D eigenvalue weighted by molar-refractivity contribution is -0.142. The third kappa shape index (κ3) is 2.73. The molecule has 3 atom stereocenters. The molecule has 2 unspecified atom stereocenters. The molecule has 130 valence electrons. The average Bonchev–Trinajstić information content (AvgIpc) is 3.05. The minimum atomic E-state index is -1.10. The highest BCUT2D eigenvalue weighted by Crippen LogP contribution is 2.62. The minimum Gasteiger partial charge on any atom is -0.480 e. The molecule has 1 aliphatic carbocycles. The molecular weight excluding hydrogens is 337 g/mol. The number of likely N-dealkylation sites (tertiary alicyclic amines) is 1. The fraction of sp³-hybridized carbons (Fsp3) is 0.529. The van der Waals surface area contributed by atoms with Crippen molar-refractivity contribution in [1.29, 1.82) is 0 Å². The van der Waals surface area contributed by atoms with Crippen LogP contribution in [0.4, 0.5) is 9.18 Å². The third-order valence-corrected chi connectivity index (χ3v) is 4.88. The first kappa shape index (κ1) is 17.0. The van der Waals surface area contributed by atoms with Crippen LogP contribution in [0.2, 0.25) is 5.02 Å². The van der Waals surface area contributed by atoms with Crippen LogP contribution >= 0.6 is 11.6 Å². The minimum absolute atomic E-state index is 0.112. The van der Waals surface area contributed by atoms with Crippen molar-refractivity contribution < 1.29 is 23.8 Å². The molecule has 0 radical (unpaired) electrons. The van der Waals surface area contributed by atoms with Gasteiger partial charge in [-0.2, -0.15) is 0 Å². The molecule has 1 aliphatic heterocycles. The van der Waals surface area contributed by atoms with Gasteiger partial charge in [0.25, 0.3) is 0 Å². The van der Waals surface area contributed by atoms with Gasteiger partial charge in [-0.05, 0) is 51.0 Å². The molecule has 7 heteroatoms. The number of fused-ring (bicyclic) bond motifs is 1. The zero-order chi connectivity index (χ0) is 17.9. The highest BCUT2D eigenvalue weighted by Gasteiger charge is 2.69. The summed E-state index contributed by atoms with van der Waals surface area (Å²) in [5.74, 6) is -1.87. The second-order valence-corrected chi connectivity index (χ2v) is 7.92. The molecule has 24 heavy (non-hydrogen) atoms. The van der Waals surface area contributed by atoms with Crippen LogP contribution in [0.25, 0.3) is 0 Å². The van der Waals surface area contributed by atoms with E-state index in [1.807, 2.05) is 0 Å². The quantitative estimate of drug-likeness (QED) is 0.882. The van der Waals surface area contributed by atoms with Gasteiger partial charge < -0.3 is 9.84 Å². The second-order valence-electron chi connectivity index (χ2n) is 7.48. The lowest BCUT2D eigenvalue weighted by atomic mass is 9.93. The van der Waals surface area contributed by atoms with Crippen LogP contribution in [0.3, 0.4) is 0 Å². The van der Waals surface area contributed by atoms with E-state index in [4.69, 9.17) is 16.3 Å². The predicted octanol–water partition coefficient (Wildman–Crippen LogP) is 3.44. The van der Waals surface area contributed by atoms with Crippen molar-refractivity contribution in [3.05, 3.63) is 34.6 Å². The molecule has 1 amide bonds. The van der Waals surface area contributed by atoms with E-state index >= 15 is 0 Å². The Morgan fingerprint density at radius 3 is 2.67 bits per heavy atom. The summed E-state index contributed by atoms with van der Waals surface area (Å²) in [6, 6.07) is 3.23. The molecule has 2 aliphatic rings. The summed E-state index contributed by atoms with van der Waals surface area (Å²) in [6.45, 7) is 5.25. The summed E-state index contributed by atoms with van der Waals surface area (Å²) < 4.78 is 19.6. The summed E-state index contributed by atoms with van der Waals surface area (Å²) in [6.07, 6.45) is -0.176. The zero-order valence-corrected chi connectivity index (χ0v) is 14.4. The van der Waals surface area contributed by atoms with Crippen molar-refractivity contribution in [2.75, 3.05) is 6.54 Å². The molecule has 1 aromatic rings. The van der Waals surface area contributed by atoms with Gasteiger partial charge in [0.15, 0.2) is 0 Å². The lowest BCUT2D eigenvalue weighted by Crippen LogP contribution is -2.46. The van der Waals surface area contributed by atoms with E-state index in [1.54, 1.807) is 20.8 Å². The number of benzene rings is 1. The zero-order valence-electron chi connectivity index (χ0n) is 13.7. The number of carbonyl (C=O) groups is 2. The monoisotopic (exact) mass is 355 g/mol. The smallest absolute Gasteiger partial charge is 0.411 e. The number of carbonyl (C=O) groups excluding carboxylic acids is 1. The van der Waals surface area contributed by atoms with Gasteiger partial charge in [0.05, 0.1) is 0 Å². The first-order chi connectivity index (χ1) is 11.0. The number of hydrogen-bond acceptors (Lipinski definition) is 3. The van der Waals surface area contributed by atoms with Gasteiger partial charge in [-0.3, -0.25) is 4.90 Å². The number of hydrogen-bond donors (Lipinski definition) is 1. The molecule has 0 aromatic heterocycles. The Kier molecular flexibility index (Phi) is 3.79. The van der Waals surface area contributed by atoms with Gasteiger partial charge in [-0.25, -0.2) is 14.0 Å². The predicted molar refractivity (Wildman–Crippen MR) is 85.6 cm³/mol. The normalized spacial score (nSPS) is 28.5. The molecule has 1 N–H and O–H groups in total. The molecular formula is C17H19ClFNO4.